The molecule has 0 aromatic heterocycles. The normalized spacial score (nSPS) is 11.5. The van der Waals surface area contributed by atoms with E-state index in [2.05, 4.69) is 6.92 Å². The van der Waals surface area contributed by atoms with Gasteiger partial charge in [0.25, 0.3) is 0 Å². The first-order valence-corrected chi connectivity index (χ1v) is 6.56. The lowest BCUT2D eigenvalue weighted by molar-refractivity contribution is -0.135. The summed E-state index contributed by atoms with van der Waals surface area (Å²) >= 11 is 0. The minimum atomic E-state index is -0.794. The third-order valence-corrected chi connectivity index (χ3v) is 3.11. The Balaban J connectivity index is 3.22. The van der Waals surface area contributed by atoms with Crippen molar-refractivity contribution in [1.82, 2.24) is 0 Å². The van der Waals surface area contributed by atoms with Gasteiger partial charge in [-0.05, 0) is 54.7 Å². The molecule has 0 fully saturated rings. The molecule has 1 aromatic carbocycles. The molecule has 0 heterocycles. The summed E-state index contributed by atoms with van der Waals surface area (Å²) in [5.41, 5.74) is 4.52. The van der Waals surface area contributed by atoms with E-state index >= 15 is 0 Å². The first-order valence-electron chi connectivity index (χ1n) is 6.56. The average Bonchev–Trinajstić information content (AvgIpc) is 2.34. The fourth-order valence-corrected chi connectivity index (χ4v) is 2.36. The fraction of sp³-hybridized carbons (Fsp3) is 0.438. The van der Waals surface area contributed by atoms with Gasteiger partial charge >= 0.3 is 5.97 Å². The number of methoxy groups -OCH3 is 1. The molecule has 0 saturated carbocycles. The van der Waals surface area contributed by atoms with Gasteiger partial charge in [-0.2, -0.15) is 0 Å². The van der Waals surface area contributed by atoms with Gasteiger partial charge in [-0.3, -0.25) is 4.79 Å². The molecular weight excluding hydrogens is 240 g/mol. The van der Waals surface area contributed by atoms with Crippen LogP contribution in [0.4, 0.5) is 0 Å². The van der Waals surface area contributed by atoms with E-state index in [1.807, 2.05) is 32.1 Å². The van der Waals surface area contributed by atoms with Crippen molar-refractivity contribution >= 4 is 11.5 Å². The molecule has 0 amide bonds. The fourth-order valence-electron chi connectivity index (χ4n) is 2.36. The van der Waals surface area contributed by atoms with Crippen molar-refractivity contribution in [2.75, 3.05) is 7.11 Å². The summed E-state index contributed by atoms with van der Waals surface area (Å²) in [5.74, 6) is 0.0465. The second-order valence-electron chi connectivity index (χ2n) is 4.71. The Hall–Kier alpha value is -1.77. The lowest BCUT2D eigenvalue weighted by Gasteiger charge is -2.15. The standard InChI is InChI=1S/C16H22O3/c1-5-6-13(7-8-15(17)18)16-11(2)9-14(19-4)10-12(16)3/h7,9-10H,5-6,8H2,1-4H3,(H,17,18)/b13-7+. The van der Waals surface area contributed by atoms with Gasteiger partial charge in [-0.1, -0.05) is 19.4 Å². The van der Waals surface area contributed by atoms with Gasteiger partial charge in [0.15, 0.2) is 0 Å². The Labute approximate surface area is 114 Å². The van der Waals surface area contributed by atoms with Gasteiger partial charge in [0.1, 0.15) is 5.75 Å². The predicted octanol–water partition coefficient (Wildman–Crippen LogP) is 3.97. The van der Waals surface area contributed by atoms with Gasteiger partial charge < -0.3 is 9.84 Å². The lowest BCUT2D eigenvalue weighted by atomic mass is 9.92. The number of hydrogen-bond donors (Lipinski definition) is 1. The Morgan fingerprint density at radius 3 is 2.32 bits per heavy atom. The summed E-state index contributed by atoms with van der Waals surface area (Å²) < 4.78 is 5.26. The van der Waals surface area contributed by atoms with Crippen LogP contribution in [0.3, 0.4) is 0 Å². The number of rotatable bonds is 6. The average molecular weight is 262 g/mol. The Morgan fingerprint density at radius 1 is 1.32 bits per heavy atom. The van der Waals surface area contributed by atoms with Crippen molar-refractivity contribution in [3.8, 4) is 5.75 Å². The van der Waals surface area contributed by atoms with Crippen LogP contribution < -0.4 is 4.74 Å². The Kier molecular flexibility index (Phi) is 5.61. The number of aryl methyl sites for hydroxylation is 2. The minimum Gasteiger partial charge on any atom is -0.497 e. The maximum atomic E-state index is 10.7. The van der Waals surface area contributed by atoms with E-state index < -0.39 is 5.97 Å². The largest absolute Gasteiger partial charge is 0.497 e. The molecule has 0 radical (unpaired) electrons. The van der Waals surface area contributed by atoms with E-state index in [1.165, 1.54) is 0 Å². The molecule has 19 heavy (non-hydrogen) atoms. The minimum absolute atomic E-state index is 0.0697. The van der Waals surface area contributed by atoms with Crippen LogP contribution in [0, 0.1) is 13.8 Å². The third-order valence-electron chi connectivity index (χ3n) is 3.11. The first kappa shape index (κ1) is 15.3. The van der Waals surface area contributed by atoms with E-state index in [0.717, 1.165) is 40.9 Å². The van der Waals surface area contributed by atoms with Crippen molar-refractivity contribution in [1.29, 1.82) is 0 Å². The van der Waals surface area contributed by atoms with Crippen LogP contribution >= 0.6 is 0 Å². The van der Waals surface area contributed by atoms with E-state index in [-0.39, 0.29) is 6.42 Å². The van der Waals surface area contributed by atoms with Gasteiger partial charge in [0.05, 0.1) is 13.5 Å². The van der Waals surface area contributed by atoms with Crippen molar-refractivity contribution in [2.45, 2.75) is 40.0 Å². The highest BCUT2D eigenvalue weighted by molar-refractivity contribution is 5.76. The molecule has 0 aliphatic rings. The number of carbonyl (C=O) groups is 1. The Bertz CT molecular complexity index is 464. The highest BCUT2D eigenvalue weighted by Crippen LogP contribution is 2.30. The van der Waals surface area contributed by atoms with E-state index in [0.29, 0.717) is 0 Å². The van der Waals surface area contributed by atoms with Crippen LogP contribution in [0.5, 0.6) is 5.75 Å². The molecule has 0 aliphatic carbocycles. The van der Waals surface area contributed by atoms with Crippen LogP contribution in [-0.4, -0.2) is 18.2 Å². The molecule has 0 spiro atoms. The van der Waals surface area contributed by atoms with E-state index in [4.69, 9.17) is 9.84 Å². The SMILES string of the molecule is CCC/C(=C\CC(=O)O)c1c(C)cc(OC)cc1C. The number of allylic oxidation sites excluding steroid dienone is 1. The number of hydrogen-bond acceptors (Lipinski definition) is 2. The van der Waals surface area contributed by atoms with E-state index in [9.17, 15) is 4.79 Å². The van der Waals surface area contributed by atoms with Crippen LogP contribution in [0.15, 0.2) is 18.2 Å². The molecule has 0 atom stereocenters. The maximum Gasteiger partial charge on any atom is 0.307 e. The zero-order valence-corrected chi connectivity index (χ0v) is 12.1. The number of carboxylic acids is 1. The highest BCUT2D eigenvalue weighted by atomic mass is 16.5. The third kappa shape index (κ3) is 4.12. The second-order valence-corrected chi connectivity index (χ2v) is 4.71. The van der Waals surface area contributed by atoms with Crippen LogP contribution in [0.1, 0.15) is 42.9 Å². The van der Waals surface area contributed by atoms with Gasteiger partial charge in [0, 0.05) is 0 Å². The summed E-state index contributed by atoms with van der Waals surface area (Å²) in [6.07, 6.45) is 3.78. The van der Waals surface area contributed by atoms with Gasteiger partial charge in [-0.15, -0.1) is 0 Å². The smallest absolute Gasteiger partial charge is 0.307 e. The molecule has 1 aromatic rings. The lowest BCUT2D eigenvalue weighted by Crippen LogP contribution is -1.98. The summed E-state index contributed by atoms with van der Waals surface area (Å²) in [6, 6.07) is 3.99. The maximum absolute atomic E-state index is 10.7. The summed E-state index contributed by atoms with van der Waals surface area (Å²) in [7, 11) is 1.65. The number of ether oxygens (including phenoxy) is 1. The van der Waals surface area contributed by atoms with Crippen molar-refractivity contribution < 1.29 is 14.6 Å². The molecule has 0 aliphatic heterocycles. The zero-order valence-electron chi connectivity index (χ0n) is 12.1. The van der Waals surface area contributed by atoms with Gasteiger partial charge in [-0.25, -0.2) is 0 Å². The number of aliphatic carboxylic acids is 1. The predicted molar refractivity (Wildman–Crippen MR) is 77.6 cm³/mol. The number of benzene rings is 1. The molecule has 0 bridgehead atoms. The topological polar surface area (TPSA) is 46.5 Å². The summed E-state index contributed by atoms with van der Waals surface area (Å²) in [6.45, 7) is 6.17. The van der Waals surface area contributed by atoms with Crippen LogP contribution in [0.2, 0.25) is 0 Å². The molecule has 1 N–H and O–H groups in total. The highest BCUT2D eigenvalue weighted by Gasteiger charge is 2.10. The Morgan fingerprint density at radius 2 is 1.89 bits per heavy atom. The first-order chi connectivity index (χ1) is 8.99. The molecular formula is C16H22O3. The summed E-state index contributed by atoms with van der Waals surface area (Å²) in [5, 5.41) is 8.83. The summed E-state index contributed by atoms with van der Waals surface area (Å²) in [4.78, 5) is 10.7. The molecule has 0 saturated heterocycles. The van der Waals surface area contributed by atoms with Gasteiger partial charge in [0.2, 0.25) is 0 Å². The second kappa shape index (κ2) is 6.98. The van der Waals surface area contributed by atoms with E-state index in [1.54, 1.807) is 7.11 Å². The number of carboxylic acid groups (broad SMARTS) is 1. The molecule has 3 heteroatoms. The zero-order chi connectivity index (χ0) is 14.4. The molecule has 3 nitrogen and oxygen atoms in total. The quantitative estimate of drug-likeness (QED) is 0.843. The molecule has 104 valence electrons. The van der Waals surface area contributed by atoms with Crippen molar-refractivity contribution in [3.05, 3.63) is 34.9 Å². The monoisotopic (exact) mass is 262 g/mol. The van der Waals surface area contributed by atoms with Crippen molar-refractivity contribution in [3.63, 3.8) is 0 Å². The van der Waals surface area contributed by atoms with Crippen molar-refractivity contribution in [2.24, 2.45) is 0 Å². The molecule has 0 unspecified atom stereocenters. The van der Waals surface area contributed by atoms with Crippen LogP contribution in [0.25, 0.3) is 5.57 Å². The molecule has 1 rings (SSSR count). The van der Waals surface area contributed by atoms with Crippen LogP contribution in [-0.2, 0) is 4.79 Å².